The van der Waals surface area contributed by atoms with E-state index in [4.69, 9.17) is 14.6 Å². The molecule has 0 atom stereocenters. The van der Waals surface area contributed by atoms with Gasteiger partial charge >= 0.3 is 0 Å². The van der Waals surface area contributed by atoms with E-state index in [0.29, 0.717) is 19.8 Å². The quantitative estimate of drug-likeness (QED) is 0.374. The van der Waals surface area contributed by atoms with Crippen LogP contribution in [0.15, 0.2) is 23.3 Å². The molecule has 5 heteroatoms. The number of aliphatic hydroxyl groups excluding tert-OH is 1. The van der Waals surface area contributed by atoms with Crippen molar-refractivity contribution in [2.75, 3.05) is 26.4 Å². The van der Waals surface area contributed by atoms with Gasteiger partial charge in [0.15, 0.2) is 11.5 Å². The van der Waals surface area contributed by atoms with Crippen LogP contribution in [-0.4, -0.2) is 37.7 Å². The van der Waals surface area contributed by atoms with Crippen LogP contribution in [0.3, 0.4) is 0 Å². The number of unbranched alkanes of at least 4 members (excludes halogenated alkanes) is 2. The number of nitrogens with one attached hydrogen (secondary N) is 1. The third-order valence-corrected chi connectivity index (χ3v) is 2.80. The minimum atomic E-state index is 0.0616. The number of aliphatic hydroxyl groups is 1. The van der Waals surface area contributed by atoms with Crippen LogP contribution in [0.4, 0.5) is 0 Å². The molecule has 1 rings (SSSR count). The van der Waals surface area contributed by atoms with Crippen molar-refractivity contribution in [2.45, 2.75) is 33.1 Å². The first-order chi connectivity index (χ1) is 10.3. The Morgan fingerprint density at radius 3 is 2.76 bits per heavy atom. The molecule has 0 amide bonds. The molecule has 1 aromatic rings. The normalized spacial score (nSPS) is 10.8. The maximum Gasteiger partial charge on any atom is 0.161 e. The Kier molecular flexibility index (Phi) is 9.04. The van der Waals surface area contributed by atoms with Crippen LogP contribution < -0.4 is 14.9 Å². The second-order valence-corrected chi connectivity index (χ2v) is 4.58. The van der Waals surface area contributed by atoms with E-state index in [-0.39, 0.29) is 6.61 Å². The highest BCUT2D eigenvalue weighted by Gasteiger charge is 2.05. The van der Waals surface area contributed by atoms with Crippen LogP contribution in [0, 0.1) is 0 Å². The lowest BCUT2D eigenvalue weighted by Gasteiger charge is -2.12. The predicted molar refractivity (Wildman–Crippen MR) is 85.3 cm³/mol. The molecule has 0 radical (unpaired) electrons. The summed E-state index contributed by atoms with van der Waals surface area (Å²) in [4.78, 5) is 0. The van der Waals surface area contributed by atoms with Crippen LogP contribution in [-0.2, 0) is 0 Å². The Hall–Kier alpha value is -1.75. The summed E-state index contributed by atoms with van der Waals surface area (Å²) < 4.78 is 11.4. The molecule has 0 fully saturated rings. The molecule has 21 heavy (non-hydrogen) atoms. The van der Waals surface area contributed by atoms with E-state index in [0.717, 1.165) is 23.5 Å². The average molecular weight is 294 g/mol. The molecule has 0 aliphatic rings. The van der Waals surface area contributed by atoms with Gasteiger partial charge in [-0.05, 0) is 37.1 Å². The zero-order valence-electron chi connectivity index (χ0n) is 13.0. The summed E-state index contributed by atoms with van der Waals surface area (Å²) in [5.41, 5.74) is 3.67. The van der Waals surface area contributed by atoms with E-state index < -0.39 is 0 Å². The number of benzene rings is 1. The summed E-state index contributed by atoms with van der Waals surface area (Å²) in [5, 5.41) is 12.7. The van der Waals surface area contributed by atoms with Gasteiger partial charge in [-0.1, -0.05) is 19.8 Å². The van der Waals surface area contributed by atoms with Crippen molar-refractivity contribution in [1.29, 1.82) is 0 Å². The lowest BCUT2D eigenvalue weighted by atomic mass is 10.2. The van der Waals surface area contributed by atoms with Gasteiger partial charge < -0.3 is 20.0 Å². The highest BCUT2D eigenvalue weighted by Crippen LogP contribution is 2.28. The molecule has 0 unspecified atom stereocenters. The molecule has 0 bridgehead atoms. The number of nitrogens with zero attached hydrogens (tertiary/aromatic N) is 1. The van der Waals surface area contributed by atoms with E-state index in [9.17, 15) is 0 Å². The highest BCUT2D eigenvalue weighted by atomic mass is 16.5. The van der Waals surface area contributed by atoms with Crippen molar-refractivity contribution in [3.05, 3.63) is 23.8 Å². The van der Waals surface area contributed by atoms with Crippen LogP contribution >= 0.6 is 0 Å². The number of hydrogen-bond acceptors (Lipinski definition) is 5. The number of hydrogen-bond donors (Lipinski definition) is 2. The summed E-state index contributed by atoms with van der Waals surface area (Å²) in [7, 11) is 0. The van der Waals surface area contributed by atoms with E-state index in [1.54, 1.807) is 6.21 Å². The van der Waals surface area contributed by atoms with Gasteiger partial charge in [-0.25, -0.2) is 0 Å². The first-order valence-electron chi connectivity index (χ1n) is 7.58. The zero-order valence-corrected chi connectivity index (χ0v) is 13.0. The molecule has 2 N–H and O–H groups in total. The lowest BCUT2D eigenvalue weighted by molar-refractivity contribution is 0.271. The highest BCUT2D eigenvalue weighted by molar-refractivity contribution is 5.80. The van der Waals surface area contributed by atoms with Gasteiger partial charge in [-0.2, -0.15) is 5.10 Å². The smallest absolute Gasteiger partial charge is 0.161 e. The van der Waals surface area contributed by atoms with E-state index in [1.165, 1.54) is 12.8 Å². The first kappa shape index (κ1) is 17.3. The Morgan fingerprint density at radius 2 is 2.05 bits per heavy atom. The second kappa shape index (κ2) is 11.0. The number of ether oxygens (including phenoxy) is 2. The van der Waals surface area contributed by atoms with Crippen molar-refractivity contribution in [1.82, 2.24) is 5.43 Å². The van der Waals surface area contributed by atoms with Gasteiger partial charge in [-0.3, -0.25) is 0 Å². The molecule has 118 valence electrons. The third kappa shape index (κ3) is 6.99. The maximum atomic E-state index is 8.66. The molecule has 0 aliphatic heterocycles. The molecule has 0 saturated heterocycles. The van der Waals surface area contributed by atoms with Crippen molar-refractivity contribution in [3.63, 3.8) is 0 Å². The van der Waals surface area contributed by atoms with Gasteiger partial charge in [0.2, 0.25) is 0 Å². The van der Waals surface area contributed by atoms with E-state index in [2.05, 4.69) is 17.5 Å². The second-order valence-electron chi connectivity index (χ2n) is 4.58. The number of rotatable bonds is 11. The van der Waals surface area contributed by atoms with Gasteiger partial charge in [0.05, 0.1) is 32.6 Å². The van der Waals surface area contributed by atoms with E-state index >= 15 is 0 Å². The fraction of sp³-hybridized carbons (Fsp3) is 0.562. The molecule has 0 heterocycles. The zero-order chi connectivity index (χ0) is 15.3. The lowest BCUT2D eigenvalue weighted by Crippen LogP contribution is -2.11. The topological polar surface area (TPSA) is 63.1 Å². The summed E-state index contributed by atoms with van der Waals surface area (Å²) in [5.74, 6) is 1.51. The minimum Gasteiger partial charge on any atom is -0.490 e. The van der Waals surface area contributed by atoms with Gasteiger partial charge in [-0.15, -0.1) is 0 Å². The first-order valence-corrected chi connectivity index (χ1v) is 7.58. The molecule has 0 saturated carbocycles. The molecular formula is C16H26N2O3. The van der Waals surface area contributed by atoms with Crippen molar-refractivity contribution >= 4 is 6.21 Å². The summed E-state index contributed by atoms with van der Waals surface area (Å²) in [6.45, 7) is 5.92. The summed E-state index contributed by atoms with van der Waals surface area (Å²) >= 11 is 0. The fourth-order valence-corrected chi connectivity index (χ4v) is 1.76. The largest absolute Gasteiger partial charge is 0.490 e. The third-order valence-electron chi connectivity index (χ3n) is 2.80. The van der Waals surface area contributed by atoms with Gasteiger partial charge in [0.1, 0.15) is 0 Å². The maximum absolute atomic E-state index is 8.66. The van der Waals surface area contributed by atoms with Crippen molar-refractivity contribution in [3.8, 4) is 11.5 Å². The van der Waals surface area contributed by atoms with Gasteiger partial charge in [0, 0.05) is 0 Å². The average Bonchev–Trinajstić information content (AvgIpc) is 2.50. The standard InChI is InChI=1S/C16H26N2O3/c1-3-5-6-11-21-15-8-7-14(12-16(15)20-4-2)13-18-17-9-10-19/h7-8,12-13,17,19H,3-6,9-11H2,1-2H3. The molecule has 5 nitrogen and oxygen atoms in total. The fourth-order valence-electron chi connectivity index (χ4n) is 1.76. The Labute approximate surface area is 127 Å². The predicted octanol–water partition coefficient (Wildman–Crippen LogP) is 2.57. The van der Waals surface area contributed by atoms with Crippen LogP contribution in [0.5, 0.6) is 11.5 Å². The van der Waals surface area contributed by atoms with Crippen molar-refractivity contribution < 1.29 is 14.6 Å². The summed E-state index contributed by atoms with van der Waals surface area (Å²) in [6, 6.07) is 5.74. The molecule has 0 aromatic heterocycles. The molecular weight excluding hydrogens is 268 g/mol. The van der Waals surface area contributed by atoms with Crippen LogP contribution in [0.25, 0.3) is 0 Å². The Morgan fingerprint density at radius 1 is 1.19 bits per heavy atom. The van der Waals surface area contributed by atoms with E-state index in [1.807, 2.05) is 25.1 Å². The molecule has 0 spiro atoms. The minimum absolute atomic E-state index is 0.0616. The Bertz CT molecular complexity index is 422. The molecule has 0 aliphatic carbocycles. The van der Waals surface area contributed by atoms with Crippen LogP contribution in [0.2, 0.25) is 0 Å². The van der Waals surface area contributed by atoms with Crippen molar-refractivity contribution in [2.24, 2.45) is 5.10 Å². The monoisotopic (exact) mass is 294 g/mol. The van der Waals surface area contributed by atoms with Crippen LogP contribution in [0.1, 0.15) is 38.7 Å². The number of hydrazone groups is 1. The molecule has 1 aromatic carbocycles. The Balaban J connectivity index is 2.64. The van der Waals surface area contributed by atoms with Gasteiger partial charge in [0.25, 0.3) is 0 Å². The SMILES string of the molecule is CCCCCOc1ccc(C=NNCCO)cc1OCC. The summed E-state index contributed by atoms with van der Waals surface area (Å²) in [6.07, 6.45) is 5.10.